The van der Waals surface area contributed by atoms with Crippen LogP contribution >= 0.6 is 8.51 Å². The molecule has 0 aliphatic heterocycles. The summed E-state index contributed by atoms with van der Waals surface area (Å²) in [6, 6.07) is 8.50. The Labute approximate surface area is 81.4 Å². The molecule has 2 rings (SSSR count). The van der Waals surface area contributed by atoms with Crippen LogP contribution in [0, 0.1) is 0 Å². The quantitative estimate of drug-likeness (QED) is 0.709. The van der Waals surface area contributed by atoms with E-state index in [1.54, 1.807) is 0 Å². The van der Waals surface area contributed by atoms with E-state index in [1.807, 2.05) is 0 Å². The van der Waals surface area contributed by atoms with Crippen molar-refractivity contribution < 1.29 is 22.0 Å². The van der Waals surface area contributed by atoms with Crippen LogP contribution in [-0.2, 0) is 22.0 Å². The van der Waals surface area contributed by atoms with Gasteiger partial charge in [0, 0.05) is 0 Å². The molecule has 54 valence electrons. The number of rotatable bonds is 1. The fraction of sp³-hybridized carbons (Fsp3) is 0.111. The van der Waals surface area contributed by atoms with Crippen LogP contribution in [0.5, 0.6) is 0 Å². The van der Waals surface area contributed by atoms with Gasteiger partial charge in [-0.2, -0.15) is 0 Å². The molecule has 1 aromatic rings. The van der Waals surface area contributed by atoms with Gasteiger partial charge in [-0.3, -0.25) is 0 Å². The molecule has 0 bridgehead atoms. The first-order valence-corrected chi connectivity index (χ1v) is 8.13. The average Bonchev–Trinajstić information content (AvgIpc) is 2.47. The van der Waals surface area contributed by atoms with Crippen molar-refractivity contribution in [2.75, 3.05) is 0 Å². The van der Waals surface area contributed by atoms with Crippen LogP contribution in [0.4, 0.5) is 0 Å². The summed E-state index contributed by atoms with van der Waals surface area (Å²) in [6.45, 7) is 0. The van der Waals surface area contributed by atoms with Crippen molar-refractivity contribution in [1.82, 2.24) is 0 Å². The summed E-state index contributed by atoms with van der Waals surface area (Å²) >= 11 is -0.684. The Hall–Kier alpha value is 0.133. The number of hydrogen-bond donors (Lipinski definition) is 0. The van der Waals surface area contributed by atoms with Crippen molar-refractivity contribution in [3.05, 3.63) is 41.5 Å². The van der Waals surface area contributed by atoms with Gasteiger partial charge in [0.1, 0.15) is 0 Å². The average molecular weight is 242 g/mol. The van der Waals surface area contributed by atoms with Gasteiger partial charge in [0.15, 0.2) is 0 Å². The van der Waals surface area contributed by atoms with Crippen molar-refractivity contribution in [2.45, 2.75) is 3.63 Å². The van der Waals surface area contributed by atoms with Gasteiger partial charge in [0.25, 0.3) is 0 Å². The van der Waals surface area contributed by atoms with Crippen LogP contribution in [0.2, 0.25) is 0 Å². The van der Waals surface area contributed by atoms with Crippen molar-refractivity contribution >= 4 is 14.6 Å². The molecule has 0 saturated heterocycles. The molecule has 0 spiro atoms. The molecule has 0 radical (unpaired) electrons. The molecule has 2 heteroatoms. The predicted molar refractivity (Wildman–Crippen MR) is 44.1 cm³/mol. The third kappa shape index (κ3) is 1.37. The molecule has 0 aromatic heterocycles. The molecule has 1 aliphatic rings. The SMILES string of the molecule is [Cl][Zr][CH]1C=Cc2ccccc21. The zero-order valence-corrected chi connectivity index (χ0v) is 9.13. The van der Waals surface area contributed by atoms with Crippen molar-refractivity contribution in [1.29, 1.82) is 0 Å². The van der Waals surface area contributed by atoms with E-state index in [4.69, 9.17) is 8.51 Å². The van der Waals surface area contributed by atoms with Crippen LogP contribution < -0.4 is 0 Å². The third-order valence-corrected chi connectivity index (χ3v) is 5.12. The van der Waals surface area contributed by atoms with E-state index < -0.39 is 22.0 Å². The van der Waals surface area contributed by atoms with Crippen LogP contribution in [0.1, 0.15) is 14.8 Å². The Morgan fingerprint density at radius 3 is 2.91 bits per heavy atom. The Balaban J connectivity index is 2.46. The Bertz CT molecular complexity index is 293. The van der Waals surface area contributed by atoms with Gasteiger partial charge in [0.2, 0.25) is 0 Å². The van der Waals surface area contributed by atoms with Gasteiger partial charge in [-0.25, -0.2) is 0 Å². The fourth-order valence-corrected chi connectivity index (χ4v) is 3.82. The van der Waals surface area contributed by atoms with Crippen molar-refractivity contribution in [2.24, 2.45) is 0 Å². The minimum atomic E-state index is -0.684. The number of fused-ring (bicyclic) bond motifs is 1. The Morgan fingerprint density at radius 2 is 2.09 bits per heavy atom. The van der Waals surface area contributed by atoms with Gasteiger partial charge in [-0.05, 0) is 0 Å². The van der Waals surface area contributed by atoms with E-state index in [9.17, 15) is 0 Å². The summed E-state index contributed by atoms with van der Waals surface area (Å²) in [7, 11) is 5.95. The molecule has 0 nitrogen and oxygen atoms in total. The molecule has 0 saturated carbocycles. The molecule has 1 atom stereocenters. The van der Waals surface area contributed by atoms with E-state index in [1.165, 1.54) is 11.1 Å². The molecule has 0 heterocycles. The predicted octanol–water partition coefficient (Wildman–Crippen LogP) is 2.99. The second kappa shape index (κ2) is 3.25. The zero-order chi connectivity index (χ0) is 7.68. The van der Waals surface area contributed by atoms with Gasteiger partial charge in [-0.1, -0.05) is 0 Å². The number of halogens is 1. The molecular weight excluding hydrogens is 235 g/mol. The molecule has 11 heavy (non-hydrogen) atoms. The van der Waals surface area contributed by atoms with Crippen LogP contribution in [0.25, 0.3) is 6.08 Å². The normalized spacial score (nSPS) is 19.9. The second-order valence-electron chi connectivity index (χ2n) is 2.57. The van der Waals surface area contributed by atoms with Gasteiger partial charge in [-0.15, -0.1) is 0 Å². The Morgan fingerprint density at radius 1 is 1.27 bits per heavy atom. The molecule has 1 aliphatic carbocycles. The summed E-state index contributed by atoms with van der Waals surface area (Å²) in [5.41, 5.74) is 2.80. The first-order valence-electron chi connectivity index (χ1n) is 3.55. The van der Waals surface area contributed by atoms with Crippen LogP contribution in [0.3, 0.4) is 0 Å². The summed E-state index contributed by atoms with van der Waals surface area (Å²) < 4.78 is 0.608. The molecule has 1 unspecified atom stereocenters. The summed E-state index contributed by atoms with van der Waals surface area (Å²) in [4.78, 5) is 0. The molecule has 0 fully saturated rings. The van der Waals surface area contributed by atoms with Crippen LogP contribution in [-0.4, -0.2) is 0 Å². The summed E-state index contributed by atoms with van der Waals surface area (Å²) in [5, 5.41) is 0. The maximum absolute atomic E-state index is 5.95. The van der Waals surface area contributed by atoms with E-state index in [0.29, 0.717) is 3.63 Å². The van der Waals surface area contributed by atoms with Crippen molar-refractivity contribution in [3.8, 4) is 0 Å². The monoisotopic (exact) mass is 240 g/mol. The first kappa shape index (κ1) is 7.77. The van der Waals surface area contributed by atoms with E-state index in [2.05, 4.69) is 36.4 Å². The standard InChI is InChI=1S/C9H7.ClH.Zr/c1-2-5-9-7-3-6-8(9)4-1;;/h1-7H;1H;/q;;+1/p-1. The third-order valence-electron chi connectivity index (χ3n) is 1.92. The van der Waals surface area contributed by atoms with E-state index in [0.717, 1.165) is 0 Å². The van der Waals surface area contributed by atoms with Crippen molar-refractivity contribution in [3.63, 3.8) is 0 Å². The van der Waals surface area contributed by atoms with Crippen LogP contribution in [0.15, 0.2) is 30.3 Å². The fourth-order valence-electron chi connectivity index (χ4n) is 1.34. The number of hydrogen-bond acceptors (Lipinski definition) is 0. The maximum atomic E-state index is 5.95. The topological polar surface area (TPSA) is 0 Å². The van der Waals surface area contributed by atoms with Gasteiger partial charge >= 0.3 is 81.7 Å². The molecule has 0 N–H and O–H groups in total. The number of benzene rings is 1. The van der Waals surface area contributed by atoms with Gasteiger partial charge < -0.3 is 0 Å². The van der Waals surface area contributed by atoms with E-state index >= 15 is 0 Å². The van der Waals surface area contributed by atoms with E-state index in [-0.39, 0.29) is 0 Å². The molecule has 0 amide bonds. The number of allylic oxidation sites excluding steroid dienone is 1. The van der Waals surface area contributed by atoms with Gasteiger partial charge in [0.05, 0.1) is 0 Å². The zero-order valence-electron chi connectivity index (χ0n) is 5.92. The minimum absolute atomic E-state index is 0.608. The first-order chi connectivity index (χ1) is 5.42. The second-order valence-corrected chi connectivity index (χ2v) is 5.93. The summed E-state index contributed by atoms with van der Waals surface area (Å²) in [5.74, 6) is 0. The Kier molecular flexibility index (Phi) is 2.29. The summed E-state index contributed by atoms with van der Waals surface area (Å²) in [6.07, 6.45) is 4.42. The molecule has 1 aromatic carbocycles. The molecular formula is C9H7ClZr.